The molecule has 0 aliphatic carbocycles. The van der Waals surface area contributed by atoms with Gasteiger partial charge >= 0.3 is 5.97 Å². The summed E-state index contributed by atoms with van der Waals surface area (Å²) < 4.78 is 30.2. The molecule has 25 heavy (non-hydrogen) atoms. The Bertz CT molecular complexity index is 775. The first-order valence-electron chi connectivity index (χ1n) is 8.22. The quantitative estimate of drug-likeness (QED) is 0.768. The number of nitrogens with zero attached hydrogens (tertiary/aromatic N) is 1. The lowest BCUT2D eigenvalue weighted by atomic mass is 10.1. The number of carbonyl (C=O) groups is 2. The third kappa shape index (κ3) is 4.50. The van der Waals surface area contributed by atoms with E-state index in [2.05, 4.69) is 5.32 Å². The van der Waals surface area contributed by atoms with Gasteiger partial charge in [0, 0.05) is 12.1 Å². The Balaban J connectivity index is 2.07. The van der Waals surface area contributed by atoms with Crippen molar-refractivity contribution in [2.24, 2.45) is 0 Å². The van der Waals surface area contributed by atoms with Gasteiger partial charge in [0.1, 0.15) is 0 Å². The number of benzene rings is 1. The molecule has 0 saturated carbocycles. The van der Waals surface area contributed by atoms with Gasteiger partial charge < -0.3 is 10.1 Å². The maximum atomic E-state index is 12.1. The SMILES string of the molecule is CC[C@@H](C)NC(=O)COC(=O)c1ccc2c(c1)C[C@H](C)N2S(C)(=O)=O. The van der Waals surface area contributed by atoms with E-state index in [0.29, 0.717) is 17.7 Å². The van der Waals surface area contributed by atoms with Crippen molar-refractivity contribution in [3.8, 4) is 0 Å². The van der Waals surface area contributed by atoms with E-state index in [1.54, 1.807) is 12.1 Å². The lowest BCUT2D eigenvalue weighted by Gasteiger charge is -2.21. The molecule has 138 valence electrons. The lowest BCUT2D eigenvalue weighted by molar-refractivity contribution is -0.124. The van der Waals surface area contributed by atoms with Gasteiger partial charge in [-0.25, -0.2) is 13.2 Å². The molecule has 2 rings (SSSR count). The summed E-state index contributed by atoms with van der Waals surface area (Å²) in [7, 11) is -3.37. The Hall–Kier alpha value is -2.09. The maximum Gasteiger partial charge on any atom is 0.338 e. The van der Waals surface area contributed by atoms with Crippen molar-refractivity contribution < 1.29 is 22.7 Å². The van der Waals surface area contributed by atoms with Crippen LogP contribution >= 0.6 is 0 Å². The molecule has 1 heterocycles. The molecule has 0 radical (unpaired) electrons. The molecule has 1 N–H and O–H groups in total. The number of sulfonamides is 1. The van der Waals surface area contributed by atoms with Crippen LogP contribution in [0.2, 0.25) is 0 Å². The van der Waals surface area contributed by atoms with Gasteiger partial charge in [0.2, 0.25) is 10.0 Å². The van der Waals surface area contributed by atoms with Crippen molar-refractivity contribution in [2.45, 2.75) is 45.7 Å². The number of esters is 1. The summed E-state index contributed by atoms with van der Waals surface area (Å²) in [5, 5.41) is 2.72. The molecular formula is C17H24N2O5S. The normalized spacial score (nSPS) is 17.8. The fourth-order valence-electron chi connectivity index (χ4n) is 2.87. The van der Waals surface area contributed by atoms with E-state index in [-0.39, 0.29) is 24.6 Å². The summed E-state index contributed by atoms with van der Waals surface area (Å²) in [4.78, 5) is 23.8. The molecule has 8 heteroatoms. The second kappa shape index (κ2) is 7.43. The summed E-state index contributed by atoms with van der Waals surface area (Å²) in [6.07, 6.45) is 2.48. The number of rotatable bonds is 6. The van der Waals surface area contributed by atoms with Gasteiger partial charge in [-0.05, 0) is 50.5 Å². The van der Waals surface area contributed by atoms with E-state index in [0.717, 1.165) is 18.2 Å². The Labute approximate surface area is 148 Å². The molecule has 0 aromatic heterocycles. The van der Waals surface area contributed by atoms with Crippen LogP contribution in [0.1, 0.15) is 43.1 Å². The third-order valence-electron chi connectivity index (χ3n) is 4.18. The Morgan fingerprint density at radius 2 is 2.08 bits per heavy atom. The van der Waals surface area contributed by atoms with Crippen LogP contribution in [0, 0.1) is 0 Å². The van der Waals surface area contributed by atoms with Crippen LogP contribution in [0.3, 0.4) is 0 Å². The van der Waals surface area contributed by atoms with Crippen LogP contribution in [0.5, 0.6) is 0 Å². The van der Waals surface area contributed by atoms with E-state index in [1.807, 2.05) is 20.8 Å². The lowest BCUT2D eigenvalue weighted by Crippen LogP contribution is -2.35. The second-order valence-corrected chi connectivity index (χ2v) is 8.27. The standard InChI is InChI=1S/C17H24N2O5S/c1-5-11(2)18-16(20)10-24-17(21)13-6-7-15-14(9-13)8-12(3)19(15)25(4,22)23/h6-7,9,11-12H,5,8,10H2,1-4H3,(H,18,20)/t11-,12+/m1/s1. The molecule has 1 aromatic rings. The number of nitrogens with one attached hydrogen (secondary N) is 1. The van der Waals surface area contributed by atoms with Crippen molar-refractivity contribution in [1.29, 1.82) is 0 Å². The summed E-state index contributed by atoms with van der Waals surface area (Å²) in [5.74, 6) is -0.951. The molecule has 0 bridgehead atoms. The fourth-order valence-corrected chi connectivity index (χ4v) is 4.13. The average molecular weight is 368 g/mol. The van der Waals surface area contributed by atoms with Crippen LogP contribution in [0.25, 0.3) is 0 Å². The van der Waals surface area contributed by atoms with Crippen molar-refractivity contribution in [2.75, 3.05) is 17.2 Å². The van der Waals surface area contributed by atoms with Gasteiger partial charge in [0.15, 0.2) is 6.61 Å². The minimum absolute atomic E-state index is 0.0228. The Morgan fingerprint density at radius 1 is 1.40 bits per heavy atom. The van der Waals surface area contributed by atoms with Crippen molar-refractivity contribution in [3.63, 3.8) is 0 Å². The number of carbonyl (C=O) groups excluding carboxylic acids is 2. The van der Waals surface area contributed by atoms with Gasteiger partial charge in [-0.3, -0.25) is 9.10 Å². The first-order chi connectivity index (χ1) is 11.6. The summed E-state index contributed by atoms with van der Waals surface area (Å²) in [6, 6.07) is 4.58. The van der Waals surface area contributed by atoms with Crippen LogP contribution in [-0.2, 0) is 26.0 Å². The highest BCUT2D eigenvalue weighted by atomic mass is 32.2. The van der Waals surface area contributed by atoms with Gasteiger partial charge in [-0.2, -0.15) is 0 Å². The molecule has 1 amide bonds. The number of hydrogen-bond acceptors (Lipinski definition) is 5. The van der Waals surface area contributed by atoms with Crippen molar-refractivity contribution >= 4 is 27.6 Å². The molecular weight excluding hydrogens is 344 g/mol. The van der Waals surface area contributed by atoms with Gasteiger partial charge in [-0.15, -0.1) is 0 Å². The van der Waals surface area contributed by atoms with E-state index in [4.69, 9.17) is 4.74 Å². The number of amides is 1. The predicted molar refractivity (Wildman–Crippen MR) is 95.1 cm³/mol. The van der Waals surface area contributed by atoms with Gasteiger partial charge in [-0.1, -0.05) is 6.92 Å². The molecule has 2 atom stereocenters. The number of ether oxygens (including phenoxy) is 1. The highest BCUT2D eigenvalue weighted by Crippen LogP contribution is 2.34. The first kappa shape index (κ1) is 19.2. The number of fused-ring (bicyclic) bond motifs is 1. The monoisotopic (exact) mass is 368 g/mol. The zero-order valence-electron chi connectivity index (χ0n) is 14.9. The summed E-state index contributed by atoms with van der Waals surface area (Å²) in [5.41, 5.74) is 1.66. The van der Waals surface area contributed by atoms with Crippen LogP contribution in [0.4, 0.5) is 5.69 Å². The molecule has 1 aromatic carbocycles. The van der Waals surface area contributed by atoms with E-state index >= 15 is 0 Å². The zero-order valence-corrected chi connectivity index (χ0v) is 15.7. The van der Waals surface area contributed by atoms with Gasteiger partial charge in [0.05, 0.1) is 17.5 Å². The number of anilines is 1. The molecule has 0 spiro atoms. The largest absolute Gasteiger partial charge is 0.452 e. The van der Waals surface area contributed by atoms with E-state index in [1.165, 1.54) is 10.4 Å². The smallest absolute Gasteiger partial charge is 0.338 e. The Morgan fingerprint density at radius 3 is 2.68 bits per heavy atom. The number of hydrogen-bond donors (Lipinski definition) is 1. The van der Waals surface area contributed by atoms with E-state index in [9.17, 15) is 18.0 Å². The third-order valence-corrected chi connectivity index (χ3v) is 5.45. The van der Waals surface area contributed by atoms with E-state index < -0.39 is 16.0 Å². The van der Waals surface area contributed by atoms with Crippen LogP contribution < -0.4 is 9.62 Å². The summed E-state index contributed by atoms with van der Waals surface area (Å²) in [6.45, 7) is 5.29. The van der Waals surface area contributed by atoms with Crippen molar-refractivity contribution in [1.82, 2.24) is 5.32 Å². The first-order valence-corrected chi connectivity index (χ1v) is 10.1. The summed E-state index contributed by atoms with van der Waals surface area (Å²) >= 11 is 0. The van der Waals surface area contributed by atoms with Crippen molar-refractivity contribution in [3.05, 3.63) is 29.3 Å². The van der Waals surface area contributed by atoms with Crippen LogP contribution in [-0.4, -0.2) is 45.2 Å². The topological polar surface area (TPSA) is 92.8 Å². The zero-order chi connectivity index (χ0) is 18.8. The maximum absolute atomic E-state index is 12.1. The second-order valence-electron chi connectivity index (χ2n) is 6.41. The highest BCUT2D eigenvalue weighted by Gasteiger charge is 2.32. The molecule has 0 saturated heterocycles. The molecule has 7 nitrogen and oxygen atoms in total. The van der Waals surface area contributed by atoms with Gasteiger partial charge in [0.25, 0.3) is 5.91 Å². The molecule has 0 fully saturated rings. The minimum Gasteiger partial charge on any atom is -0.452 e. The van der Waals surface area contributed by atoms with Crippen LogP contribution in [0.15, 0.2) is 18.2 Å². The Kier molecular flexibility index (Phi) is 5.72. The fraction of sp³-hybridized carbons (Fsp3) is 0.529. The minimum atomic E-state index is -3.37. The highest BCUT2D eigenvalue weighted by molar-refractivity contribution is 7.92. The molecule has 1 aliphatic rings. The molecule has 1 aliphatic heterocycles. The molecule has 0 unspecified atom stereocenters. The average Bonchev–Trinajstić information content (AvgIpc) is 2.87. The predicted octanol–water partition coefficient (Wildman–Crippen LogP) is 1.47.